The van der Waals surface area contributed by atoms with Gasteiger partial charge in [0.05, 0.1) is 12.3 Å². The van der Waals surface area contributed by atoms with E-state index < -0.39 is 0 Å². The topological polar surface area (TPSA) is 34.1 Å². The molecule has 2 aromatic rings. The molecule has 0 fully saturated rings. The Bertz CT molecular complexity index is 558. The SMILES string of the molecule is CCOc1ncccc1NCc1ccc(Cl)cc1C. The largest absolute Gasteiger partial charge is 0.476 e. The van der Waals surface area contributed by atoms with Crippen molar-refractivity contribution in [3.63, 3.8) is 0 Å². The summed E-state index contributed by atoms with van der Waals surface area (Å²) in [6.45, 7) is 5.32. The predicted octanol–water partition coefficient (Wildman–Crippen LogP) is 4.05. The Morgan fingerprint density at radius 2 is 2.16 bits per heavy atom. The normalized spacial score (nSPS) is 10.3. The van der Waals surface area contributed by atoms with E-state index >= 15 is 0 Å². The number of benzene rings is 1. The summed E-state index contributed by atoms with van der Waals surface area (Å²) < 4.78 is 5.48. The van der Waals surface area contributed by atoms with Crippen LogP contribution in [0.5, 0.6) is 5.88 Å². The van der Waals surface area contributed by atoms with E-state index in [1.165, 1.54) is 11.1 Å². The Hall–Kier alpha value is -1.74. The van der Waals surface area contributed by atoms with Crippen LogP contribution < -0.4 is 10.1 Å². The molecule has 0 saturated carbocycles. The number of aryl methyl sites for hydroxylation is 1. The maximum absolute atomic E-state index is 5.95. The molecule has 19 heavy (non-hydrogen) atoms. The van der Waals surface area contributed by atoms with Gasteiger partial charge in [0.1, 0.15) is 0 Å². The molecule has 0 amide bonds. The molecule has 4 heteroatoms. The minimum Gasteiger partial charge on any atom is -0.476 e. The summed E-state index contributed by atoms with van der Waals surface area (Å²) in [6, 6.07) is 9.74. The standard InChI is InChI=1S/C15H17ClN2O/c1-3-19-15-14(5-4-8-17-15)18-10-12-6-7-13(16)9-11(12)2/h4-9,18H,3,10H2,1-2H3. The Balaban J connectivity index is 2.10. The van der Waals surface area contributed by atoms with Crippen LogP contribution >= 0.6 is 11.6 Å². The third-order valence-electron chi connectivity index (χ3n) is 2.83. The van der Waals surface area contributed by atoms with Gasteiger partial charge in [0.25, 0.3) is 0 Å². The number of ether oxygens (including phenoxy) is 1. The second-order valence-corrected chi connectivity index (χ2v) is 4.65. The zero-order valence-electron chi connectivity index (χ0n) is 11.1. The highest BCUT2D eigenvalue weighted by Gasteiger charge is 2.05. The second kappa shape index (κ2) is 6.43. The molecule has 100 valence electrons. The molecule has 0 atom stereocenters. The Morgan fingerprint density at radius 3 is 2.89 bits per heavy atom. The Kier molecular flexibility index (Phi) is 4.63. The molecule has 0 bridgehead atoms. The maximum atomic E-state index is 5.95. The summed E-state index contributed by atoms with van der Waals surface area (Å²) in [5.41, 5.74) is 3.27. The minimum absolute atomic E-state index is 0.603. The highest BCUT2D eigenvalue weighted by molar-refractivity contribution is 6.30. The number of anilines is 1. The monoisotopic (exact) mass is 276 g/mol. The van der Waals surface area contributed by atoms with Gasteiger partial charge in [-0.25, -0.2) is 4.98 Å². The fourth-order valence-corrected chi connectivity index (χ4v) is 2.05. The van der Waals surface area contributed by atoms with Gasteiger partial charge in [0.2, 0.25) is 5.88 Å². The van der Waals surface area contributed by atoms with Gasteiger partial charge in [-0.3, -0.25) is 0 Å². The molecule has 1 heterocycles. The smallest absolute Gasteiger partial charge is 0.237 e. The number of nitrogens with zero attached hydrogens (tertiary/aromatic N) is 1. The van der Waals surface area contributed by atoms with Crippen molar-refractivity contribution in [1.29, 1.82) is 0 Å². The van der Waals surface area contributed by atoms with Gasteiger partial charge in [-0.15, -0.1) is 0 Å². The van der Waals surface area contributed by atoms with Gasteiger partial charge in [-0.05, 0) is 49.2 Å². The highest BCUT2D eigenvalue weighted by Crippen LogP contribution is 2.22. The van der Waals surface area contributed by atoms with Crippen LogP contribution in [0.25, 0.3) is 0 Å². The van der Waals surface area contributed by atoms with Crippen molar-refractivity contribution in [2.75, 3.05) is 11.9 Å². The van der Waals surface area contributed by atoms with Crippen molar-refractivity contribution in [3.8, 4) is 5.88 Å². The highest BCUT2D eigenvalue weighted by atomic mass is 35.5. The van der Waals surface area contributed by atoms with E-state index in [0.29, 0.717) is 12.5 Å². The number of halogens is 1. The van der Waals surface area contributed by atoms with Gasteiger partial charge < -0.3 is 10.1 Å². The average molecular weight is 277 g/mol. The Morgan fingerprint density at radius 1 is 1.32 bits per heavy atom. The van der Waals surface area contributed by atoms with Crippen LogP contribution in [0.2, 0.25) is 5.02 Å². The number of nitrogens with one attached hydrogen (secondary N) is 1. The molecule has 1 aromatic heterocycles. The summed E-state index contributed by atoms with van der Waals surface area (Å²) in [5.74, 6) is 0.636. The van der Waals surface area contributed by atoms with Crippen molar-refractivity contribution < 1.29 is 4.74 Å². The van der Waals surface area contributed by atoms with Gasteiger partial charge in [-0.2, -0.15) is 0 Å². The third kappa shape index (κ3) is 3.61. The lowest BCUT2D eigenvalue weighted by molar-refractivity contribution is 0.328. The molecular weight excluding hydrogens is 260 g/mol. The lowest BCUT2D eigenvalue weighted by Gasteiger charge is -2.12. The first kappa shape index (κ1) is 13.7. The van der Waals surface area contributed by atoms with Gasteiger partial charge in [0, 0.05) is 17.8 Å². The van der Waals surface area contributed by atoms with Crippen LogP contribution in [0.3, 0.4) is 0 Å². The van der Waals surface area contributed by atoms with Gasteiger partial charge in [-0.1, -0.05) is 17.7 Å². The van der Waals surface area contributed by atoms with Crippen molar-refractivity contribution in [2.24, 2.45) is 0 Å². The molecule has 0 aliphatic heterocycles. The van der Waals surface area contributed by atoms with Crippen LogP contribution in [0.1, 0.15) is 18.1 Å². The molecule has 0 radical (unpaired) electrons. The van der Waals surface area contributed by atoms with Crippen molar-refractivity contribution in [3.05, 3.63) is 52.7 Å². The van der Waals surface area contributed by atoms with Crippen LogP contribution in [0, 0.1) is 6.92 Å². The quantitative estimate of drug-likeness (QED) is 0.894. The van der Waals surface area contributed by atoms with Crippen LogP contribution in [0.15, 0.2) is 36.5 Å². The molecule has 0 spiro atoms. The molecule has 0 aliphatic rings. The number of hydrogen-bond donors (Lipinski definition) is 1. The molecule has 1 N–H and O–H groups in total. The van der Waals surface area contributed by atoms with E-state index in [9.17, 15) is 0 Å². The van der Waals surface area contributed by atoms with Gasteiger partial charge >= 0.3 is 0 Å². The maximum Gasteiger partial charge on any atom is 0.237 e. The lowest BCUT2D eigenvalue weighted by Crippen LogP contribution is -2.05. The van der Waals surface area contributed by atoms with Crippen molar-refractivity contribution >= 4 is 17.3 Å². The fourth-order valence-electron chi connectivity index (χ4n) is 1.83. The van der Waals surface area contributed by atoms with Crippen LogP contribution in [-0.2, 0) is 6.54 Å². The molecule has 0 aliphatic carbocycles. The van der Waals surface area contributed by atoms with Crippen molar-refractivity contribution in [1.82, 2.24) is 4.98 Å². The van der Waals surface area contributed by atoms with E-state index in [0.717, 1.165) is 17.3 Å². The van der Waals surface area contributed by atoms with E-state index in [1.807, 2.05) is 37.3 Å². The first-order valence-corrected chi connectivity index (χ1v) is 6.65. The molecule has 3 nitrogen and oxygen atoms in total. The molecule has 0 saturated heterocycles. The predicted molar refractivity (Wildman–Crippen MR) is 78.9 cm³/mol. The summed E-state index contributed by atoms with van der Waals surface area (Å²) in [4.78, 5) is 4.21. The van der Waals surface area contributed by atoms with Crippen molar-refractivity contribution in [2.45, 2.75) is 20.4 Å². The fraction of sp³-hybridized carbons (Fsp3) is 0.267. The molecule has 0 unspecified atom stereocenters. The molecule has 2 rings (SSSR count). The molecule has 1 aromatic carbocycles. The zero-order valence-corrected chi connectivity index (χ0v) is 11.9. The summed E-state index contributed by atoms with van der Waals surface area (Å²) in [6.07, 6.45) is 1.73. The second-order valence-electron chi connectivity index (χ2n) is 4.21. The van der Waals surface area contributed by atoms with E-state index in [1.54, 1.807) is 6.20 Å². The number of hydrogen-bond acceptors (Lipinski definition) is 3. The Labute approximate surface area is 118 Å². The summed E-state index contributed by atoms with van der Waals surface area (Å²) in [7, 11) is 0. The number of rotatable bonds is 5. The number of aromatic nitrogens is 1. The van der Waals surface area contributed by atoms with Crippen LogP contribution in [-0.4, -0.2) is 11.6 Å². The van der Waals surface area contributed by atoms with E-state index in [4.69, 9.17) is 16.3 Å². The number of pyridine rings is 1. The van der Waals surface area contributed by atoms with Crippen LogP contribution in [0.4, 0.5) is 5.69 Å². The minimum atomic E-state index is 0.603. The van der Waals surface area contributed by atoms with E-state index in [2.05, 4.69) is 17.2 Å². The lowest BCUT2D eigenvalue weighted by atomic mass is 10.1. The van der Waals surface area contributed by atoms with Gasteiger partial charge in [0.15, 0.2) is 0 Å². The zero-order chi connectivity index (χ0) is 13.7. The average Bonchev–Trinajstić information content (AvgIpc) is 2.40. The first-order valence-electron chi connectivity index (χ1n) is 6.27. The summed E-state index contributed by atoms with van der Waals surface area (Å²) in [5, 5.41) is 4.11. The first-order chi connectivity index (χ1) is 9.20. The molecular formula is C15H17ClN2O. The third-order valence-corrected chi connectivity index (χ3v) is 3.06. The van der Waals surface area contributed by atoms with E-state index in [-0.39, 0.29) is 0 Å². The summed E-state index contributed by atoms with van der Waals surface area (Å²) >= 11 is 5.95.